The van der Waals surface area contributed by atoms with Gasteiger partial charge in [0.05, 0.1) is 11.7 Å². The number of aromatic nitrogens is 2. The molecule has 0 aromatic carbocycles. The molecule has 0 fully saturated rings. The summed E-state index contributed by atoms with van der Waals surface area (Å²) in [6, 6.07) is 6.95. The molecule has 1 unspecified atom stereocenters. The molecule has 5 nitrogen and oxygen atoms in total. The average molecular weight is 281 g/mol. The van der Waals surface area contributed by atoms with Crippen molar-refractivity contribution in [1.29, 1.82) is 0 Å². The molecule has 0 saturated heterocycles. The maximum atomic E-state index is 13.4. The SMILES string of the molecule is CC(NS(=O)(=O)c1ncccc1F)c1ccccn1. The topological polar surface area (TPSA) is 72.0 Å². The van der Waals surface area contributed by atoms with Gasteiger partial charge in [0.25, 0.3) is 10.0 Å². The van der Waals surface area contributed by atoms with Crippen molar-refractivity contribution < 1.29 is 12.8 Å². The van der Waals surface area contributed by atoms with Gasteiger partial charge in [0.2, 0.25) is 5.03 Å². The fourth-order valence-corrected chi connectivity index (χ4v) is 2.77. The number of nitrogens with zero attached hydrogens (tertiary/aromatic N) is 2. The first-order valence-electron chi connectivity index (χ1n) is 5.54. The zero-order valence-corrected chi connectivity index (χ0v) is 10.9. The van der Waals surface area contributed by atoms with E-state index in [9.17, 15) is 12.8 Å². The summed E-state index contributed by atoms with van der Waals surface area (Å²) >= 11 is 0. The molecule has 1 atom stereocenters. The van der Waals surface area contributed by atoms with Crippen LogP contribution in [0.2, 0.25) is 0 Å². The molecule has 0 amide bonds. The summed E-state index contributed by atoms with van der Waals surface area (Å²) in [5, 5.41) is -0.613. The molecule has 0 bridgehead atoms. The summed E-state index contributed by atoms with van der Waals surface area (Å²) in [6.45, 7) is 1.63. The Balaban J connectivity index is 2.26. The summed E-state index contributed by atoms with van der Waals surface area (Å²) in [5.41, 5.74) is 0.544. The summed E-state index contributed by atoms with van der Waals surface area (Å²) in [7, 11) is -4.01. The molecule has 2 heterocycles. The highest BCUT2D eigenvalue weighted by molar-refractivity contribution is 7.89. The molecule has 7 heteroatoms. The molecule has 100 valence electrons. The van der Waals surface area contributed by atoms with E-state index in [4.69, 9.17) is 0 Å². The van der Waals surface area contributed by atoms with E-state index in [2.05, 4.69) is 14.7 Å². The van der Waals surface area contributed by atoms with Crippen molar-refractivity contribution in [3.05, 3.63) is 54.2 Å². The van der Waals surface area contributed by atoms with E-state index in [0.717, 1.165) is 6.07 Å². The Morgan fingerprint density at radius 2 is 1.89 bits per heavy atom. The third-order valence-corrected chi connectivity index (χ3v) is 3.92. The van der Waals surface area contributed by atoms with Gasteiger partial charge >= 0.3 is 0 Å². The van der Waals surface area contributed by atoms with E-state index in [0.29, 0.717) is 5.69 Å². The van der Waals surface area contributed by atoms with Crippen LogP contribution in [0.3, 0.4) is 0 Å². The molecular formula is C12H12FN3O2S. The van der Waals surface area contributed by atoms with E-state index >= 15 is 0 Å². The summed E-state index contributed by atoms with van der Waals surface area (Å²) in [6.07, 6.45) is 2.78. The molecule has 0 radical (unpaired) electrons. The lowest BCUT2D eigenvalue weighted by Crippen LogP contribution is -2.28. The van der Waals surface area contributed by atoms with Crippen molar-refractivity contribution in [3.8, 4) is 0 Å². The van der Waals surface area contributed by atoms with Gasteiger partial charge in [-0.15, -0.1) is 0 Å². The molecule has 0 aliphatic carbocycles. The van der Waals surface area contributed by atoms with Gasteiger partial charge in [-0.25, -0.2) is 22.5 Å². The van der Waals surface area contributed by atoms with Gasteiger partial charge in [0.1, 0.15) is 0 Å². The van der Waals surface area contributed by atoms with Crippen LogP contribution in [0.5, 0.6) is 0 Å². The van der Waals surface area contributed by atoms with Crippen LogP contribution in [0.1, 0.15) is 18.7 Å². The molecule has 0 aliphatic rings. The maximum Gasteiger partial charge on any atom is 0.261 e. The van der Waals surface area contributed by atoms with E-state index in [1.54, 1.807) is 31.3 Å². The zero-order chi connectivity index (χ0) is 13.9. The van der Waals surface area contributed by atoms with Crippen molar-refractivity contribution in [2.24, 2.45) is 0 Å². The number of sulfonamides is 1. The van der Waals surface area contributed by atoms with Crippen LogP contribution in [0.4, 0.5) is 4.39 Å². The van der Waals surface area contributed by atoms with Crippen molar-refractivity contribution in [2.75, 3.05) is 0 Å². The Morgan fingerprint density at radius 1 is 1.16 bits per heavy atom. The lowest BCUT2D eigenvalue weighted by molar-refractivity contribution is 0.534. The first-order chi connectivity index (χ1) is 9.00. The van der Waals surface area contributed by atoms with Crippen LogP contribution >= 0.6 is 0 Å². The van der Waals surface area contributed by atoms with E-state index in [1.807, 2.05) is 0 Å². The number of halogens is 1. The normalized spacial score (nSPS) is 13.2. The van der Waals surface area contributed by atoms with Crippen molar-refractivity contribution >= 4 is 10.0 Å². The minimum Gasteiger partial charge on any atom is -0.260 e. The van der Waals surface area contributed by atoms with Gasteiger partial charge in [-0.2, -0.15) is 0 Å². The Morgan fingerprint density at radius 3 is 2.53 bits per heavy atom. The number of pyridine rings is 2. The van der Waals surface area contributed by atoms with E-state index < -0.39 is 26.9 Å². The second-order valence-corrected chi connectivity index (χ2v) is 5.52. The molecule has 0 aliphatic heterocycles. The fraction of sp³-hybridized carbons (Fsp3) is 0.167. The number of nitrogens with one attached hydrogen (secondary N) is 1. The number of hydrogen-bond acceptors (Lipinski definition) is 4. The summed E-state index contributed by atoms with van der Waals surface area (Å²) < 4.78 is 39.8. The van der Waals surface area contributed by atoms with Crippen LogP contribution in [-0.2, 0) is 10.0 Å². The molecule has 2 aromatic rings. The second kappa shape index (κ2) is 5.41. The molecule has 2 rings (SSSR count). The van der Waals surface area contributed by atoms with Crippen LogP contribution in [0, 0.1) is 5.82 Å². The summed E-state index contributed by atoms with van der Waals surface area (Å²) in [5.74, 6) is -0.886. The lowest BCUT2D eigenvalue weighted by atomic mass is 10.2. The standard InChI is InChI=1S/C12H12FN3O2S/c1-9(11-6-2-3-7-14-11)16-19(17,18)12-10(13)5-4-8-15-12/h2-9,16H,1H3. The molecule has 19 heavy (non-hydrogen) atoms. The van der Waals surface area contributed by atoms with Crippen molar-refractivity contribution in [3.63, 3.8) is 0 Å². The van der Waals surface area contributed by atoms with Gasteiger partial charge < -0.3 is 0 Å². The maximum absolute atomic E-state index is 13.4. The Bertz CT molecular complexity index is 662. The Kier molecular flexibility index (Phi) is 3.87. The summed E-state index contributed by atoms with van der Waals surface area (Å²) in [4.78, 5) is 7.59. The largest absolute Gasteiger partial charge is 0.261 e. The fourth-order valence-electron chi connectivity index (χ4n) is 1.55. The smallest absolute Gasteiger partial charge is 0.260 e. The second-order valence-electron chi connectivity index (χ2n) is 3.89. The van der Waals surface area contributed by atoms with Gasteiger partial charge in [-0.05, 0) is 31.2 Å². The minimum absolute atomic E-state index is 0.544. The van der Waals surface area contributed by atoms with Crippen molar-refractivity contribution in [2.45, 2.75) is 18.0 Å². The molecule has 0 spiro atoms. The highest BCUT2D eigenvalue weighted by Crippen LogP contribution is 2.15. The van der Waals surface area contributed by atoms with Gasteiger partial charge in [0, 0.05) is 12.4 Å². The average Bonchev–Trinajstić information content (AvgIpc) is 2.39. The van der Waals surface area contributed by atoms with E-state index in [-0.39, 0.29) is 0 Å². The number of rotatable bonds is 4. The van der Waals surface area contributed by atoms with Gasteiger partial charge in [-0.1, -0.05) is 6.07 Å². The lowest BCUT2D eigenvalue weighted by Gasteiger charge is -2.13. The predicted molar refractivity (Wildman–Crippen MR) is 67.2 cm³/mol. The molecule has 2 aromatic heterocycles. The quantitative estimate of drug-likeness (QED) is 0.925. The Hall–Kier alpha value is -1.86. The highest BCUT2D eigenvalue weighted by atomic mass is 32.2. The third-order valence-electron chi connectivity index (χ3n) is 2.44. The van der Waals surface area contributed by atoms with Crippen LogP contribution in [0.15, 0.2) is 47.8 Å². The minimum atomic E-state index is -4.01. The van der Waals surface area contributed by atoms with Crippen LogP contribution < -0.4 is 4.72 Å². The molecule has 1 N–H and O–H groups in total. The highest BCUT2D eigenvalue weighted by Gasteiger charge is 2.23. The molecule has 0 saturated carbocycles. The third kappa shape index (κ3) is 3.12. The predicted octanol–water partition coefficient (Wildman–Crippen LogP) is 1.66. The monoisotopic (exact) mass is 281 g/mol. The van der Waals surface area contributed by atoms with Crippen LogP contribution in [0.25, 0.3) is 0 Å². The van der Waals surface area contributed by atoms with Crippen LogP contribution in [-0.4, -0.2) is 18.4 Å². The first kappa shape index (κ1) is 13.6. The van der Waals surface area contributed by atoms with Gasteiger partial charge in [0.15, 0.2) is 5.82 Å². The molecular weight excluding hydrogens is 269 g/mol. The van der Waals surface area contributed by atoms with Gasteiger partial charge in [-0.3, -0.25) is 4.98 Å². The Labute approximate surface area is 110 Å². The van der Waals surface area contributed by atoms with Crippen molar-refractivity contribution in [1.82, 2.24) is 14.7 Å². The van der Waals surface area contributed by atoms with E-state index in [1.165, 1.54) is 12.3 Å². The zero-order valence-electron chi connectivity index (χ0n) is 10.1. The first-order valence-corrected chi connectivity index (χ1v) is 7.03. The number of hydrogen-bond donors (Lipinski definition) is 1.